The van der Waals surface area contributed by atoms with E-state index >= 15 is 0 Å². The first-order chi connectivity index (χ1) is 14.6. The number of nitrogens with zero attached hydrogens (tertiary/aromatic N) is 1. The van der Waals surface area contributed by atoms with Crippen molar-refractivity contribution in [1.82, 2.24) is 0 Å². The van der Waals surface area contributed by atoms with Gasteiger partial charge >= 0.3 is 0 Å². The maximum atomic E-state index is 6.65. The van der Waals surface area contributed by atoms with Gasteiger partial charge in [0.2, 0.25) is 0 Å². The quantitative estimate of drug-likeness (QED) is 0.256. The molecule has 0 aliphatic rings. The average molecular weight is 408 g/mol. The van der Waals surface area contributed by atoms with Crippen LogP contribution in [0.25, 0.3) is 11.1 Å². The van der Waals surface area contributed by atoms with Crippen molar-refractivity contribution in [2.45, 2.75) is 13.8 Å². The molecule has 3 heteroatoms. The van der Waals surface area contributed by atoms with E-state index in [1.807, 2.05) is 18.2 Å². The second-order valence-electron chi connectivity index (χ2n) is 7.39. The molecule has 4 rings (SSSR count). The monoisotopic (exact) mass is 408 g/mol. The number of nitrogens with two attached hydrogens (primary N) is 1. The first-order valence-electron chi connectivity index (χ1n) is 10.0. The summed E-state index contributed by atoms with van der Waals surface area (Å²) in [4.78, 5) is 0. The third-order valence-corrected chi connectivity index (χ3v) is 6.94. The zero-order chi connectivity index (χ0) is 20.9. The predicted octanol–water partition coefficient (Wildman–Crippen LogP) is 5.72. The molecule has 0 aliphatic carbocycles. The van der Waals surface area contributed by atoms with Crippen LogP contribution in [0.4, 0.5) is 0 Å². The predicted molar refractivity (Wildman–Crippen MR) is 131 cm³/mol. The van der Waals surface area contributed by atoms with E-state index in [1.165, 1.54) is 27.3 Å². The van der Waals surface area contributed by atoms with Gasteiger partial charge in [-0.05, 0) is 25.0 Å². The molecule has 0 saturated carbocycles. The molecule has 2 N–H and O–H groups in total. The Labute approximate surface area is 179 Å². The molecule has 0 unspecified atom stereocenters. The van der Waals surface area contributed by atoms with Crippen LogP contribution in [0, 0.1) is 13.8 Å². The molecular formula is C27H25N2P. The lowest BCUT2D eigenvalue weighted by Crippen LogP contribution is -2.18. The summed E-state index contributed by atoms with van der Waals surface area (Å²) in [5, 5.41) is 2.37. The van der Waals surface area contributed by atoms with Crippen molar-refractivity contribution in [3.8, 4) is 11.1 Å². The van der Waals surface area contributed by atoms with E-state index in [-0.39, 0.29) is 0 Å². The van der Waals surface area contributed by atoms with Crippen LogP contribution in [0.1, 0.15) is 16.7 Å². The zero-order valence-corrected chi connectivity index (χ0v) is 18.2. The Bertz CT molecular complexity index is 1110. The van der Waals surface area contributed by atoms with E-state index in [4.69, 9.17) is 10.5 Å². The van der Waals surface area contributed by atoms with E-state index in [0.717, 1.165) is 11.1 Å². The molecule has 4 aromatic rings. The summed E-state index contributed by atoms with van der Waals surface area (Å²) in [6, 6.07) is 35.7. The third kappa shape index (κ3) is 4.50. The second-order valence-corrected chi connectivity index (χ2v) is 9.25. The summed E-state index contributed by atoms with van der Waals surface area (Å²) in [6.07, 6.45) is 0. The van der Waals surface area contributed by atoms with Gasteiger partial charge in [-0.1, -0.05) is 114 Å². The Balaban J connectivity index is 1.82. The van der Waals surface area contributed by atoms with Gasteiger partial charge in [0, 0.05) is 16.2 Å². The van der Waals surface area contributed by atoms with Crippen molar-refractivity contribution in [2.75, 3.05) is 0 Å². The van der Waals surface area contributed by atoms with Gasteiger partial charge in [-0.25, -0.2) is 4.76 Å². The number of amidine groups is 1. The molecule has 0 bridgehead atoms. The Morgan fingerprint density at radius 1 is 0.667 bits per heavy atom. The second kappa shape index (κ2) is 9.07. The fourth-order valence-corrected chi connectivity index (χ4v) is 5.41. The van der Waals surface area contributed by atoms with E-state index in [0.29, 0.717) is 5.84 Å². The highest BCUT2D eigenvalue weighted by molar-refractivity contribution is 7.72. The average Bonchev–Trinajstić information content (AvgIpc) is 2.78. The van der Waals surface area contributed by atoms with Crippen LogP contribution in [-0.2, 0) is 0 Å². The Kier molecular flexibility index (Phi) is 6.07. The zero-order valence-electron chi connectivity index (χ0n) is 17.3. The van der Waals surface area contributed by atoms with E-state index in [1.54, 1.807) is 0 Å². The molecule has 0 saturated heterocycles. The maximum absolute atomic E-state index is 6.65. The van der Waals surface area contributed by atoms with E-state index < -0.39 is 8.07 Å². The lowest BCUT2D eigenvalue weighted by atomic mass is 9.96. The third-order valence-electron chi connectivity index (χ3n) is 4.94. The lowest BCUT2D eigenvalue weighted by molar-refractivity contribution is 1.38. The molecule has 0 radical (unpaired) electrons. The van der Waals surface area contributed by atoms with Crippen molar-refractivity contribution >= 4 is 24.5 Å². The largest absolute Gasteiger partial charge is 0.383 e. The maximum Gasteiger partial charge on any atom is 0.130 e. The highest BCUT2D eigenvalue weighted by atomic mass is 31.1. The molecule has 148 valence electrons. The summed E-state index contributed by atoms with van der Waals surface area (Å²) >= 11 is 0. The van der Waals surface area contributed by atoms with Crippen LogP contribution in [0.3, 0.4) is 0 Å². The van der Waals surface area contributed by atoms with Gasteiger partial charge in [0.15, 0.2) is 0 Å². The van der Waals surface area contributed by atoms with E-state index in [9.17, 15) is 0 Å². The van der Waals surface area contributed by atoms with Crippen LogP contribution in [0.2, 0.25) is 0 Å². The smallest absolute Gasteiger partial charge is 0.130 e. The topological polar surface area (TPSA) is 38.4 Å². The minimum Gasteiger partial charge on any atom is -0.383 e. The number of benzene rings is 4. The summed E-state index contributed by atoms with van der Waals surface area (Å²) in [5.74, 6) is 0.573. The molecule has 4 aromatic carbocycles. The Hall–Kier alpha value is -3.22. The Morgan fingerprint density at radius 2 is 1.17 bits per heavy atom. The van der Waals surface area contributed by atoms with Crippen molar-refractivity contribution < 1.29 is 0 Å². The first-order valence-corrected chi connectivity index (χ1v) is 11.3. The molecular weight excluding hydrogens is 383 g/mol. The van der Waals surface area contributed by atoms with Gasteiger partial charge in [-0.15, -0.1) is 0 Å². The lowest BCUT2D eigenvalue weighted by Gasteiger charge is -2.16. The molecule has 0 aliphatic heterocycles. The van der Waals surface area contributed by atoms with Crippen LogP contribution < -0.4 is 16.3 Å². The fourth-order valence-electron chi connectivity index (χ4n) is 3.65. The molecule has 0 heterocycles. The molecule has 0 aromatic heterocycles. The molecule has 0 atom stereocenters. The van der Waals surface area contributed by atoms with Crippen LogP contribution in [-0.4, -0.2) is 5.84 Å². The fraction of sp³-hybridized carbons (Fsp3) is 0.0741. The van der Waals surface area contributed by atoms with Crippen LogP contribution in [0.5, 0.6) is 0 Å². The molecule has 2 nitrogen and oxygen atoms in total. The van der Waals surface area contributed by atoms with Gasteiger partial charge in [0.1, 0.15) is 5.84 Å². The minimum absolute atomic E-state index is 0.573. The summed E-state index contributed by atoms with van der Waals surface area (Å²) in [5.41, 5.74) is 12.4. The first kappa shape index (κ1) is 20.1. The number of rotatable bonds is 5. The minimum atomic E-state index is -0.945. The molecule has 0 amide bonds. The van der Waals surface area contributed by atoms with E-state index in [2.05, 4.69) is 98.8 Å². The van der Waals surface area contributed by atoms with Gasteiger partial charge in [0.25, 0.3) is 0 Å². The molecule has 0 spiro atoms. The van der Waals surface area contributed by atoms with Crippen molar-refractivity contribution in [3.63, 3.8) is 0 Å². The van der Waals surface area contributed by atoms with Crippen molar-refractivity contribution in [2.24, 2.45) is 10.5 Å². The normalized spacial score (nSPS) is 11.6. The summed E-state index contributed by atoms with van der Waals surface area (Å²) < 4.78 is 5.08. The highest BCUT2D eigenvalue weighted by Gasteiger charge is 2.16. The van der Waals surface area contributed by atoms with Crippen molar-refractivity contribution in [1.29, 1.82) is 0 Å². The van der Waals surface area contributed by atoms with Crippen LogP contribution >= 0.6 is 8.07 Å². The Morgan fingerprint density at radius 3 is 1.73 bits per heavy atom. The number of hydrogen-bond acceptors (Lipinski definition) is 1. The van der Waals surface area contributed by atoms with Crippen molar-refractivity contribution in [3.05, 3.63) is 120 Å². The van der Waals surface area contributed by atoms with Crippen LogP contribution in [0.15, 0.2) is 108 Å². The van der Waals surface area contributed by atoms with Gasteiger partial charge < -0.3 is 5.73 Å². The number of aryl methyl sites for hydroxylation is 2. The molecule has 0 fully saturated rings. The van der Waals surface area contributed by atoms with Gasteiger partial charge in [-0.3, -0.25) is 0 Å². The SMILES string of the molecule is Cc1cc(C)cc(-c2ccccc2C(N)=NP(c2ccccc2)c2ccccc2)c1. The summed E-state index contributed by atoms with van der Waals surface area (Å²) in [6.45, 7) is 4.25. The standard InChI is InChI=1S/C27H25N2P/c1-20-17-21(2)19-22(18-20)25-15-9-10-16-26(25)27(28)29-30(23-11-5-3-6-12-23)24-13-7-4-8-14-24/h3-19H,1-2H3,(H2,28,29). The highest BCUT2D eigenvalue weighted by Crippen LogP contribution is 2.36. The summed E-state index contributed by atoms with van der Waals surface area (Å²) in [7, 11) is -0.945. The number of hydrogen-bond donors (Lipinski definition) is 1. The van der Waals surface area contributed by atoms with Gasteiger partial charge in [-0.2, -0.15) is 0 Å². The molecule has 30 heavy (non-hydrogen) atoms. The van der Waals surface area contributed by atoms with Gasteiger partial charge in [0.05, 0.1) is 8.07 Å².